The zero-order valence-electron chi connectivity index (χ0n) is 17.2. The molecule has 0 spiro atoms. The molecule has 1 atom stereocenters. The summed E-state index contributed by atoms with van der Waals surface area (Å²) in [6.07, 6.45) is 4.97. The van der Waals surface area contributed by atoms with Crippen molar-refractivity contribution in [3.05, 3.63) is 81.9 Å². The number of hydrogen-bond donors (Lipinski definition) is 1. The van der Waals surface area contributed by atoms with Crippen LogP contribution >= 0.6 is 11.6 Å². The number of halogens is 1. The maximum atomic E-state index is 13.3. The number of rotatable bonds is 2. The third-order valence-corrected chi connectivity index (χ3v) is 6.18. The van der Waals surface area contributed by atoms with Crippen LogP contribution in [0.5, 0.6) is 0 Å². The van der Waals surface area contributed by atoms with Gasteiger partial charge in [-0.3, -0.25) is 9.78 Å². The predicted molar refractivity (Wildman–Crippen MR) is 118 cm³/mol. The van der Waals surface area contributed by atoms with Gasteiger partial charge in [-0.2, -0.15) is 5.10 Å². The van der Waals surface area contributed by atoms with Gasteiger partial charge in [-0.15, -0.1) is 0 Å². The smallest absolute Gasteiger partial charge is 0.162 e. The highest BCUT2D eigenvalue weighted by Crippen LogP contribution is 2.50. The molecule has 0 bridgehead atoms. The first-order chi connectivity index (χ1) is 14.3. The first-order valence-electron chi connectivity index (χ1n) is 10.1. The summed E-state index contributed by atoms with van der Waals surface area (Å²) >= 11 is 6.25. The molecule has 0 saturated carbocycles. The topological polar surface area (TPSA) is 59.8 Å². The Kier molecular flexibility index (Phi) is 4.33. The quantitative estimate of drug-likeness (QED) is 0.602. The minimum Gasteiger partial charge on any atom is -0.343 e. The Morgan fingerprint density at radius 2 is 2.03 bits per heavy atom. The van der Waals surface area contributed by atoms with Gasteiger partial charge in [0.15, 0.2) is 5.78 Å². The van der Waals surface area contributed by atoms with Crippen LogP contribution < -0.4 is 5.32 Å². The van der Waals surface area contributed by atoms with Gasteiger partial charge in [-0.1, -0.05) is 37.6 Å². The molecular weight excluding hydrogens is 396 g/mol. The number of nitrogens with zero attached hydrogens (tertiary/aromatic N) is 3. The highest BCUT2D eigenvalue weighted by molar-refractivity contribution is 6.30. The van der Waals surface area contributed by atoms with Crippen molar-refractivity contribution < 1.29 is 4.79 Å². The number of ketones is 1. The van der Waals surface area contributed by atoms with Crippen LogP contribution in [0, 0.1) is 12.3 Å². The lowest BCUT2D eigenvalue weighted by molar-refractivity contribution is -0.118. The summed E-state index contributed by atoms with van der Waals surface area (Å²) in [6, 6.07) is 11.6. The number of carbonyl (C=O) groups is 1. The van der Waals surface area contributed by atoms with E-state index in [1.807, 2.05) is 54.2 Å². The first kappa shape index (κ1) is 19.1. The molecule has 0 amide bonds. The Labute approximate surface area is 180 Å². The number of anilines is 1. The normalized spacial score (nSPS) is 19.9. The van der Waals surface area contributed by atoms with E-state index in [0.29, 0.717) is 11.4 Å². The maximum absolute atomic E-state index is 13.3. The van der Waals surface area contributed by atoms with Gasteiger partial charge in [-0.05, 0) is 48.6 Å². The summed E-state index contributed by atoms with van der Waals surface area (Å²) in [5.74, 6) is 0.914. The lowest BCUT2D eigenvalue weighted by atomic mass is 9.69. The van der Waals surface area contributed by atoms with Crippen LogP contribution in [0.25, 0.3) is 5.69 Å². The molecule has 6 heteroatoms. The minimum absolute atomic E-state index is 0.0874. The average molecular weight is 419 g/mol. The molecule has 0 radical (unpaired) electrons. The van der Waals surface area contributed by atoms with Crippen molar-refractivity contribution in [2.75, 3.05) is 5.32 Å². The van der Waals surface area contributed by atoms with Gasteiger partial charge < -0.3 is 5.32 Å². The van der Waals surface area contributed by atoms with Gasteiger partial charge in [0.1, 0.15) is 5.82 Å². The molecule has 0 fully saturated rings. The number of carbonyl (C=O) groups excluding carboxylic acids is 1. The Morgan fingerprint density at radius 1 is 1.20 bits per heavy atom. The van der Waals surface area contributed by atoms with Crippen molar-refractivity contribution in [2.45, 2.75) is 39.5 Å². The van der Waals surface area contributed by atoms with Gasteiger partial charge in [0.25, 0.3) is 0 Å². The van der Waals surface area contributed by atoms with E-state index in [-0.39, 0.29) is 17.1 Å². The van der Waals surface area contributed by atoms with Crippen LogP contribution in [-0.2, 0) is 4.79 Å². The van der Waals surface area contributed by atoms with Gasteiger partial charge in [0, 0.05) is 46.6 Å². The highest BCUT2D eigenvalue weighted by atomic mass is 35.5. The molecule has 0 unspecified atom stereocenters. The predicted octanol–water partition coefficient (Wildman–Crippen LogP) is 5.43. The highest BCUT2D eigenvalue weighted by Gasteiger charge is 2.43. The van der Waals surface area contributed by atoms with Crippen LogP contribution in [0.2, 0.25) is 5.02 Å². The molecule has 30 heavy (non-hydrogen) atoms. The number of aryl methyl sites for hydroxylation is 1. The zero-order chi connectivity index (χ0) is 21.0. The molecule has 0 saturated heterocycles. The molecule has 3 heterocycles. The Balaban J connectivity index is 1.76. The standard InChI is InChI=1S/C24H23ClN4O/c1-14-20-21(15-6-5-9-26-13-15)22-18(11-24(2,3)12-19(22)30)27-23(20)29(28-14)17-8-4-7-16(25)10-17/h4-10,13,21,27H,11-12H2,1-3H3/t21-/m0/s1. The fraction of sp³-hybridized carbons (Fsp3) is 0.292. The molecule has 1 aromatic carbocycles. The van der Waals surface area contributed by atoms with Crippen LogP contribution in [-0.4, -0.2) is 20.5 Å². The first-order valence-corrected chi connectivity index (χ1v) is 10.5. The van der Waals surface area contributed by atoms with E-state index in [4.69, 9.17) is 16.7 Å². The van der Waals surface area contributed by atoms with Gasteiger partial charge >= 0.3 is 0 Å². The molecule has 2 aromatic heterocycles. The molecule has 3 aromatic rings. The number of fused-ring (bicyclic) bond motifs is 1. The van der Waals surface area contributed by atoms with E-state index in [0.717, 1.165) is 46.0 Å². The number of hydrogen-bond acceptors (Lipinski definition) is 4. The maximum Gasteiger partial charge on any atom is 0.162 e. The third-order valence-electron chi connectivity index (χ3n) is 5.94. The molecule has 1 N–H and O–H groups in total. The number of benzene rings is 1. The van der Waals surface area contributed by atoms with E-state index in [9.17, 15) is 4.79 Å². The van der Waals surface area contributed by atoms with Crippen LogP contribution in [0.1, 0.15) is 49.4 Å². The summed E-state index contributed by atoms with van der Waals surface area (Å²) in [5.41, 5.74) is 5.55. The number of allylic oxidation sites excluding steroid dienone is 2. The second-order valence-corrected chi connectivity index (χ2v) is 9.35. The summed E-state index contributed by atoms with van der Waals surface area (Å²) in [5, 5.41) is 9.08. The third kappa shape index (κ3) is 3.05. The second-order valence-electron chi connectivity index (χ2n) is 8.92. The van der Waals surface area contributed by atoms with Crippen LogP contribution in [0.4, 0.5) is 5.82 Å². The fourth-order valence-corrected chi connectivity index (χ4v) is 4.93. The van der Waals surface area contributed by atoms with Crippen molar-refractivity contribution in [1.82, 2.24) is 14.8 Å². The molecule has 1 aliphatic heterocycles. The Bertz CT molecular complexity index is 1190. The van der Waals surface area contributed by atoms with E-state index in [1.54, 1.807) is 6.20 Å². The second kappa shape index (κ2) is 6.81. The van der Waals surface area contributed by atoms with Crippen molar-refractivity contribution in [3.8, 4) is 5.69 Å². The molecule has 1 aliphatic carbocycles. The summed E-state index contributed by atoms with van der Waals surface area (Å²) in [7, 11) is 0. The molecule has 2 aliphatic rings. The Morgan fingerprint density at radius 3 is 2.77 bits per heavy atom. The monoisotopic (exact) mass is 418 g/mol. The molecular formula is C24H23ClN4O. The van der Waals surface area contributed by atoms with E-state index >= 15 is 0 Å². The van der Waals surface area contributed by atoms with Crippen molar-refractivity contribution in [3.63, 3.8) is 0 Å². The van der Waals surface area contributed by atoms with E-state index in [1.165, 1.54) is 0 Å². The average Bonchev–Trinajstić information content (AvgIpc) is 3.02. The lowest BCUT2D eigenvalue weighted by Gasteiger charge is -2.38. The fourth-order valence-electron chi connectivity index (χ4n) is 4.75. The Hall–Kier alpha value is -2.92. The summed E-state index contributed by atoms with van der Waals surface area (Å²) in [4.78, 5) is 17.6. The van der Waals surface area contributed by atoms with Crippen LogP contribution in [0.15, 0.2) is 60.1 Å². The van der Waals surface area contributed by atoms with Gasteiger partial charge in [0.2, 0.25) is 0 Å². The van der Waals surface area contributed by atoms with E-state index < -0.39 is 0 Å². The SMILES string of the molecule is Cc1nn(-c2cccc(Cl)c2)c2c1[C@H](c1cccnc1)C1=C(CC(C)(C)CC1=O)N2. The van der Waals surface area contributed by atoms with Gasteiger partial charge in [-0.25, -0.2) is 4.68 Å². The summed E-state index contributed by atoms with van der Waals surface area (Å²) in [6.45, 7) is 6.28. The van der Waals surface area contributed by atoms with Crippen LogP contribution in [0.3, 0.4) is 0 Å². The van der Waals surface area contributed by atoms with Crippen molar-refractivity contribution in [1.29, 1.82) is 0 Å². The van der Waals surface area contributed by atoms with E-state index in [2.05, 4.69) is 24.1 Å². The molecule has 5 rings (SSSR count). The number of pyridine rings is 1. The molecule has 5 nitrogen and oxygen atoms in total. The minimum atomic E-state index is -0.179. The number of Topliss-reactive ketones (excluding diaryl/α,β-unsaturated/α-hetero) is 1. The largest absolute Gasteiger partial charge is 0.343 e. The van der Waals surface area contributed by atoms with Crippen molar-refractivity contribution in [2.24, 2.45) is 5.41 Å². The summed E-state index contributed by atoms with van der Waals surface area (Å²) < 4.78 is 1.90. The zero-order valence-corrected chi connectivity index (χ0v) is 18.0. The molecule has 152 valence electrons. The number of nitrogens with one attached hydrogen (secondary N) is 1. The number of aromatic nitrogens is 3. The lowest BCUT2D eigenvalue weighted by Crippen LogP contribution is -2.34. The van der Waals surface area contributed by atoms with Gasteiger partial charge in [0.05, 0.1) is 11.4 Å². The van der Waals surface area contributed by atoms with Crippen molar-refractivity contribution >= 4 is 23.2 Å².